The van der Waals surface area contributed by atoms with E-state index in [9.17, 15) is 13.6 Å². The number of aldehydes is 1. The van der Waals surface area contributed by atoms with Gasteiger partial charge in [0.25, 0.3) is 0 Å². The number of rotatable bonds is 10. The molecule has 0 saturated heterocycles. The molecule has 1 heterocycles. The van der Waals surface area contributed by atoms with Crippen LogP contribution in [0, 0.1) is 29.0 Å². The van der Waals surface area contributed by atoms with Crippen molar-refractivity contribution in [2.75, 3.05) is 13.6 Å². The minimum atomic E-state index is -0.740. The van der Waals surface area contributed by atoms with Crippen LogP contribution >= 0.6 is 0 Å². The largest absolute Gasteiger partial charge is 0.319 e. The van der Waals surface area contributed by atoms with Gasteiger partial charge in [-0.15, -0.1) is 0 Å². The van der Waals surface area contributed by atoms with Crippen molar-refractivity contribution in [2.24, 2.45) is 16.8 Å². The minimum Gasteiger partial charge on any atom is -0.319 e. The second-order valence-corrected chi connectivity index (χ2v) is 9.76. The molecule has 0 fully saturated rings. The summed E-state index contributed by atoms with van der Waals surface area (Å²) < 4.78 is 29.0. The summed E-state index contributed by atoms with van der Waals surface area (Å²) in [6, 6.07) is 11.1. The SMILES string of the molecule is C/C(C=O)=C(F)\C(=C(/C)c1ccc2c(c1)=CN=2)c1ccc(C#N)c(F)c1.CC.CC.CCC(CCC(C)C)CNC. The first-order valence-corrected chi connectivity index (χ1v) is 14.7. The van der Waals surface area contributed by atoms with Gasteiger partial charge in [0.05, 0.1) is 10.9 Å². The number of carbonyl (C=O) groups excluding carboxylic acids is 1. The fraction of sp³-hybridized carbons (Fsp3) is 0.457. The Bertz CT molecular complexity index is 1330. The maximum absolute atomic E-state index is 15.0. The molecule has 1 unspecified atom stereocenters. The van der Waals surface area contributed by atoms with Crippen LogP contribution in [-0.2, 0) is 4.79 Å². The lowest BCUT2D eigenvalue weighted by Gasteiger charge is -2.14. The standard InChI is InChI=1S/C21H14F2N2O.C10H23N.2C2H6/c1-12(11-26)21(23)20(15-3-4-16(9-24)18(22)8-15)13(2)14-5-6-19-17(7-14)10-25-19;1-5-10(8-11-4)7-6-9(2)3;2*1-2/h3-8,10-11H,1-2H3;9-11H,5-8H2,1-4H3;2*1-2H3/b20-13+,21-12-;;;. The van der Waals surface area contributed by atoms with Crippen LogP contribution in [0.3, 0.4) is 0 Å². The van der Waals surface area contributed by atoms with Crippen molar-refractivity contribution in [3.63, 3.8) is 0 Å². The van der Waals surface area contributed by atoms with Crippen LogP contribution in [0.5, 0.6) is 0 Å². The predicted octanol–water partition coefficient (Wildman–Crippen LogP) is 8.16. The molecule has 1 aliphatic rings. The number of nitrogens with zero attached hydrogens (tertiary/aromatic N) is 2. The average molecular weight is 566 g/mol. The summed E-state index contributed by atoms with van der Waals surface area (Å²) in [6.07, 6.45) is 6.20. The van der Waals surface area contributed by atoms with Crippen LogP contribution in [0.1, 0.15) is 98.3 Å². The number of nitriles is 1. The molecule has 0 aliphatic carbocycles. The van der Waals surface area contributed by atoms with Gasteiger partial charge in [-0.3, -0.25) is 9.79 Å². The third-order valence-electron chi connectivity index (χ3n) is 6.52. The Morgan fingerprint density at radius 2 is 1.68 bits per heavy atom. The van der Waals surface area contributed by atoms with E-state index in [0.717, 1.165) is 34.0 Å². The van der Waals surface area contributed by atoms with E-state index in [2.05, 4.69) is 31.1 Å². The quantitative estimate of drug-likeness (QED) is 0.137. The second-order valence-electron chi connectivity index (χ2n) is 9.76. The number of hydrogen-bond acceptors (Lipinski definition) is 4. The van der Waals surface area contributed by atoms with E-state index in [1.165, 1.54) is 44.9 Å². The first kappa shape index (κ1) is 37.6. The van der Waals surface area contributed by atoms with Crippen molar-refractivity contribution in [1.29, 1.82) is 5.26 Å². The average Bonchev–Trinajstić information content (AvgIpc) is 2.97. The van der Waals surface area contributed by atoms with Crippen molar-refractivity contribution < 1.29 is 13.6 Å². The Hall–Kier alpha value is -3.43. The third kappa shape index (κ3) is 11.5. The Labute approximate surface area is 246 Å². The smallest absolute Gasteiger partial charge is 0.148 e. The molecule has 0 aromatic heterocycles. The first-order chi connectivity index (χ1) is 19.7. The number of hydrogen-bond donors (Lipinski definition) is 1. The number of halogens is 2. The molecule has 1 N–H and O–H groups in total. The minimum absolute atomic E-state index is 0.0883. The molecule has 1 atom stereocenters. The van der Waals surface area contributed by atoms with E-state index < -0.39 is 11.6 Å². The van der Waals surface area contributed by atoms with Crippen molar-refractivity contribution in [1.82, 2.24) is 5.32 Å². The second kappa shape index (κ2) is 20.4. The van der Waals surface area contributed by atoms with E-state index in [0.29, 0.717) is 11.9 Å². The summed E-state index contributed by atoms with van der Waals surface area (Å²) in [4.78, 5) is 15.2. The number of fused-ring (bicyclic) bond motifs is 1. The van der Waals surface area contributed by atoms with E-state index in [4.69, 9.17) is 5.26 Å². The van der Waals surface area contributed by atoms with Crippen LogP contribution in [0.15, 0.2) is 52.8 Å². The molecule has 3 rings (SSSR count). The lowest BCUT2D eigenvalue weighted by molar-refractivity contribution is -0.104. The summed E-state index contributed by atoms with van der Waals surface area (Å²) in [5.41, 5.74) is 1.46. The van der Waals surface area contributed by atoms with E-state index >= 15 is 0 Å². The summed E-state index contributed by atoms with van der Waals surface area (Å²) >= 11 is 0. The molecular formula is C35H49F2N3O. The summed E-state index contributed by atoms with van der Waals surface area (Å²) in [7, 11) is 2.04. The fourth-order valence-corrected chi connectivity index (χ4v) is 4.05. The van der Waals surface area contributed by atoms with Gasteiger partial charge in [-0.25, -0.2) is 8.78 Å². The topological polar surface area (TPSA) is 65.2 Å². The van der Waals surface area contributed by atoms with Crippen LogP contribution in [0.25, 0.3) is 17.3 Å². The van der Waals surface area contributed by atoms with E-state index in [1.807, 2.05) is 46.9 Å². The van der Waals surface area contributed by atoms with Gasteiger partial charge in [-0.2, -0.15) is 5.26 Å². The highest BCUT2D eigenvalue weighted by atomic mass is 19.1. The van der Waals surface area contributed by atoms with Gasteiger partial charge in [0.15, 0.2) is 0 Å². The fourth-order valence-electron chi connectivity index (χ4n) is 4.05. The van der Waals surface area contributed by atoms with Crippen LogP contribution in [0.2, 0.25) is 0 Å². The van der Waals surface area contributed by atoms with Gasteiger partial charge < -0.3 is 5.32 Å². The first-order valence-electron chi connectivity index (χ1n) is 14.7. The lowest BCUT2D eigenvalue weighted by atomic mass is 9.92. The molecule has 0 bridgehead atoms. The Morgan fingerprint density at radius 1 is 1.05 bits per heavy atom. The van der Waals surface area contributed by atoms with E-state index in [-0.39, 0.29) is 22.3 Å². The molecule has 1 aliphatic heterocycles. The summed E-state index contributed by atoms with van der Waals surface area (Å²) in [5, 5.41) is 13.9. The maximum atomic E-state index is 15.0. The molecule has 224 valence electrons. The zero-order valence-electron chi connectivity index (χ0n) is 26.7. The molecule has 4 nitrogen and oxygen atoms in total. The molecule has 2 aromatic rings. The molecule has 0 spiro atoms. The van der Waals surface area contributed by atoms with Crippen molar-refractivity contribution in [2.45, 2.75) is 81.6 Å². The van der Waals surface area contributed by atoms with Gasteiger partial charge in [0.1, 0.15) is 24.0 Å². The molecule has 0 radical (unpaired) electrons. The third-order valence-corrected chi connectivity index (χ3v) is 6.52. The monoisotopic (exact) mass is 565 g/mol. The van der Waals surface area contributed by atoms with Gasteiger partial charge in [-0.1, -0.05) is 73.4 Å². The Balaban J connectivity index is 0.000000901. The normalized spacial score (nSPS) is 12.8. The van der Waals surface area contributed by atoms with Gasteiger partial charge in [0, 0.05) is 22.6 Å². The Morgan fingerprint density at radius 3 is 2.12 bits per heavy atom. The number of allylic oxidation sites excluding steroid dienone is 4. The highest BCUT2D eigenvalue weighted by molar-refractivity contribution is 5.99. The molecule has 2 aromatic carbocycles. The van der Waals surface area contributed by atoms with Crippen LogP contribution in [0.4, 0.5) is 8.78 Å². The lowest BCUT2D eigenvalue weighted by Crippen LogP contribution is -2.30. The molecule has 0 amide bonds. The summed E-state index contributed by atoms with van der Waals surface area (Å²) in [5.74, 6) is 0.289. The Kier molecular flexibility index (Phi) is 18.7. The molecule has 0 saturated carbocycles. The number of carbonyl (C=O) groups is 1. The van der Waals surface area contributed by atoms with Crippen molar-refractivity contribution >= 4 is 23.6 Å². The zero-order chi connectivity index (χ0) is 31.5. The van der Waals surface area contributed by atoms with Crippen LogP contribution in [-0.4, -0.2) is 19.9 Å². The molecular weight excluding hydrogens is 516 g/mol. The summed E-state index contributed by atoms with van der Waals surface area (Å²) in [6.45, 7) is 19.1. The van der Waals surface area contributed by atoms with Gasteiger partial charge in [-0.05, 0) is 86.7 Å². The van der Waals surface area contributed by atoms with Gasteiger partial charge in [0.2, 0.25) is 0 Å². The maximum Gasteiger partial charge on any atom is 0.148 e. The van der Waals surface area contributed by atoms with Gasteiger partial charge >= 0.3 is 0 Å². The molecule has 41 heavy (non-hydrogen) atoms. The van der Waals surface area contributed by atoms with Crippen LogP contribution < -0.4 is 15.9 Å². The molecule has 6 heteroatoms. The zero-order valence-corrected chi connectivity index (χ0v) is 26.7. The highest BCUT2D eigenvalue weighted by Gasteiger charge is 2.18. The van der Waals surface area contributed by atoms with E-state index in [1.54, 1.807) is 25.3 Å². The predicted molar refractivity (Wildman–Crippen MR) is 170 cm³/mol. The van der Waals surface area contributed by atoms with Crippen molar-refractivity contribution in [3.8, 4) is 6.07 Å². The number of benzene rings is 2. The van der Waals surface area contributed by atoms with Crippen molar-refractivity contribution in [3.05, 3.63) is 80.9 Å². The highest BCUT2D eigenvalue weighted by Crippen LogP contribution is 2.34. The number of nitrogens with one attached hydrogen (secondary N) is 1.